The highest BCUT2D eigenvalue weighted by atomic mass is 16.6. The van der Waals surface area contributed by atoms with Crippen LogP contribution in [-0.2, 0) is 4.74 Å². The number of esters is 1. The third-order valence-electron chi connectivity index (χ3n) is 2.63. The van der Waals surface area contributed by atoms with E-state index in [1.807, 2.05) is 0 Å². The minimum atomic E-state index is -0.620. The smallest absolute Gasteiger partial charge is 0.340 e. The van der Waals surface area contributed by atoms with Crippen molar-refractivity contribution >= 4 is 17.3 Å². The molecule has 0 heterocycles. The highest BCUT2D eigenvalue weighted by molar-refractivity contribution is 5.95. The molecule has 0 amide bonds. The van der Waals surface area contributed by atoms with Crippen molar-refractivity contribution in [1.82, 2.24) is 0 Å². The van der Waals surface area contributed by atoms with Gasteiger partial charge in [-0.05, 0) is 24.8 Å². The fraction of sp³-hybridized carbons (Fsp3) is 0.462. The Hall–Kier alpha value is -2.11. The SMILES string of the molecule is CC(C)CCCOC(=O)c1cc([N+](=O)[O-])ccc1N. The zero-order valence-corrected chi connectivity index (χ0v) is 11.1. The maximum absolute atomic E-state index is 11.8. The molecular formula is C13H18N2O4. The van der Waals surface area contributed by atoms with E-state index in [4.69, 9.17) is 10.5 Å². The van der Waals surface area contributed by atoms with E-state index in [2.05, 4.69) is 13.8 Å². The lowest BCUT2D eigenvalue weighted by atomic mass is 10.1. The zero-order chi connectivity index (χ0) is 14.4. The van der Waals surface area contributed by atoms with E-state index in [-0.39, 0.29) is 16.9 Å². The zero-order valence-electron chi connectivity index (χ0n) is 11.1. The molecule has 0 spiro atoms. The normalized spacial score (nSPS) is 10.5. The minimum absolute atomic E-state index is 0.0405. The number of nitrogens with two attached hydrogens (primary N) is 1. The summed E-state index contributed by atoms with van der Waals surface area (Å²) in [6.07, 6.45) is 1.72. The lowest BCUT2D eigenvalue weighted by Gasteiger charge is -2.08. The molecule has 0 saturated carbocycles. The van der Waals surface area contributed by atoms with Gasteiger partial charge in [0.25, 0.3) is 5.69 Å². The summed E-state index contributed by atoms with van der Waals surface area (Å²) >= 11 is 0. The summed E-state index contributed by atoms with van der Waals surface area (Å²) in [5, 5.41) is 10.6. The number of rotatable bonds is 6. The third-order valence-corrected chi connectivity index (χ3v) is 2.63. The summed E-state index contributed by atoms with van der Waals surface area (Å²) in [4.78, 5) is 21.8. The monoisotopic (exact) mass is 266 g/mol. The van der Waals surface area contributed by atoms with E-state index < -0.39 is 10.9 Å². The van der Waals surface area contributed by atoms with Gasteiger partial charge in [0.2, 0.25) is 0 Å². The van der Waals surface area contributed by atoms with Crippen LogP contribution < -0.4 is 5.73 Å². The van der Waals surface area contributed by atoms with Gasteiger partial charge in [-0.15, -0.1) is 0 Å². The first-order valence-corrected chi connectivity index (χ1v) is 6.13. The van der Waals surface area contributed by atoms with Gasteiger partial charge >= 0.3 is 5.97 Å². The molecule has 104 valence electrons. The lowest BCUT2D eigenvalue weighted by Crippen LogP contribution is -2.10. The number of carbonyl (C=O) groups excluding carboxylic acids is 1. The van der Waals surface area contributed by atoms with Crippen molar-refractivity contribution in [3.63, 3.8) is 0 Å². The van der Waals surface area contributed by atoms with Gasteiger partial charge in [-0.1, -0.05) is 13.8 Å². The Bertz CT molecular complexity index is 472. The average Bonchev–Trinajstić information content (AvgIpc) is 2.34. The van der Waals surface area contributed by atoms with E-state index in [0.29, 0.717) is 12.5 Å². The number of nitrogens with zero attached hydrogens (tertiary/aromatic N) is 1. The number of benzene rings is 1. The number of hydrogen-bond donors (Lipinski definition) is 1. The van der Waals surface area contributed by atoms with E-state index in [1.54, 1.807) is 0 Å². The number of anilines is 1. The summed E-state index contributed by atoms with van der Waals surface area (Å²) in [7, 11) is 0. The van der Waals surface area contributed by atoms with Crippen LogP contribution in [0, 0.1) is 16.0 Å². The van der Waals surface area contributed by atoms with Gasteiger partial charge in [-0.2, -0.15) is 0 Å². The fourth-order valence-electron chi connectivity index (χ4n) is 1.57. The molecule has 0 fully saturated rings. The second-order valence-corrected chi connectivity index (χ2v) is 4.70. The van der Waals surface area contributed by atoms with E-state index >= 15 is 0 Å². The second kappa shape index (κ2) is 6.72. The summed E-state index contributed by atoms with van der Waals surface area (Å²) < 4.78 is 5.05. The molecule has 1 aromatic carbocycles. The topological polar surface area (TPSA) is 95.5 Å². The Morgan fingerprint density at radius 1 is 1.47 bits per heavy atom. The molecule has 0 aliphatic rings. The average molecular weight is 266 g/mol. The molecule has 1 aromatic rings. The molecule has 2 N–H and O–H groups in total. The summed E-state index contributed by atoms with van der Waals surface area (Å²) in [5.41, 5.74) is 5.66. The highest BCUT2D eigenvalue weighted by Crippen LogP contribution is 2.20. The predicted octanol–water partition coefficient (Wildman–Crippen LogP) is 2.77. The van der Waals surface area contributed by atoms with Gasteiger partial charge in [0.05, 0.1) is 17.1 Å². The fourth-order valence-corrected chi connectivity index (χ4v) is 1.57. The molecule has 0 aromatic heterocycles. The summed E-state index contributed by atoms with van der Waals surface area (Å²) in [5.74, 6) is -0.0773. The van der Waals surface area contributed by atoms with Gasteiger partial charge in [0.15, 0.2) is 0 Å². The Labute approximate surface area is 111 Å². The van der Waals surface area contributed by atoms with Gasteiger partial charge in [-0.25, -0.2) is 4.79 Å². The molecule has 0 aliphatic carbocycles. The molecule has 0 saturated heterocycles. The van der Waals surface area contributed by atoms with Crippen LogP contribution in [0.4, 0.5) is 11.4 Å². The molecule has 19 heavy (non-hydrogen) atoms. The van der Waals surface area contributed by atoms with Crippen LogP contribution in [0.5, 0.6) is 0 Å². The number of non-ortho nitro benzene ring substituents is 1. The Morgan fingerprint density at radius 3 is 2.74 bits per heavy atom. The van der Waals surface area contributed by atoms with Crippen molar-refractivity contribution in [2.45, 2.75) is 26.7 Å². The van der Waals surface area contributed by atoms with Crippen molar-refractivity contribution in [3.05, 3.63) is 33.9 Å². The molecular weight excluding hydrogens is 248 g/mol. The largest absolute Gasteiger partial charge is 0.462 e. The number of nitrogen functional groups attached to an aromatic ring is 1. The quantitative estimate of drug-likeness (QED) is 0.281. The molecule has 0 radical (unpaired) electrons. The minimum Gasteiger partial charge on any atom is -0.462 e. The molecule has 0 atom stereocenters. The van der Waals surface area contributed by atoms with Gasteiger partial charge in [0, 0.05) is 17.8 Å². The highest BCUT2D eigenvalue weighted by Gasteiger charge is 2.16. The molecule has 0 bridgehead atoms. The van der Waals surface area contributed by atoms with Gasteiger partial charge < -0.3 is 10.5 Å². The first-order chi connectivity index (χ1) is 8.91. The van der Waals surface area contributed by atoms with Crippen molar-refractivity contribution in [2.24, 2.45) is 5.92 Å². The van der Waals surface area contributed by atoms with Gasteiger partial charge in [0.1, 0.15) is 0 Å². The Balaban J connectivity index is 2.66. The molecule has 0 unspecified atom stereocenters. The van der Waals surface area contributed by atoms with Crippen LogP contribution in [0.3, 0.4) is 0 Å². The maximum atomic E-state index is 11.8. The maximum Gasteiger partial charge on any atom is 0.340 e. The number of hydrogen-bond acceptors (Lipinski definition) is 5. The van der Waals surface area contributed by atoms with Crippen molar-refractivity contribution in [3.8, 4) is 0 Å². The van der Waals surface area contributed by atoms with E-state index in [0.717, 1.165) is 18.9 Å². The standard InChI is InChI=1S/C13H18N2O4/c1-9(2)4-3-7-19-13(16)11-8-10(15(17)18)5-6-12(11)14/h5-6,8-9H,3-4,7,14H2,1-2H3. The van der Waals surface area contributed by atoms with Crippen LogP contribution >= 0.6 is 0 Å². The van der Waals surface area contributed by atoms with Crippen molar-refractivity contribution in [1.29, 1.82) is 0 Å². The van der Waals surface area contributed by atoms with Crippen LogP contribution in [0.25, 0.3) is 0 Å². The van der Waals surface area contributed by atoms with E-state index in [1.165, 1.54) is 12.1 Å². The second-order valence-electron chi connectivity index (χ2n) is 4.70. The van der Waals surface area contributed by atoms with Crippen LogP contribution in [0.2, 0.25) is 0 Å². The molecule has 0 aliphatic heterocycles. The Morgan fingerprint density at radius 2 is 2.16 bits per heavy atom. The van der Waals surface area contributed by atoms with Gasteiger partial charge in [-0.3, -0.25) is 10.1 Å². The number of nitro benzene ring substituents is 1. The first-order valence-electron chi connectivity index (χ1n) is 6.13. The third kappa shape index (κ3) is 4.57. The molecule has 6 nitrogen and oxygen atoms in total. The van der Waals surface area contributed by atoms with Crippen LogP contribution in [-0.4, -0.2) is 17.5 Å². The Kier molecular flexibility index (Phi) is 5.29. The molecule has 1 rings (SSSR count). The van der Waals surface area contributed by atoms with Crippen LogP contribution in [0.15, 0.2) is 18.2 Å². The lowest BCUT2D eigenvalue weighted by molar-refractivity contribution is -0.384. The van der Waals surface area contributed by atoms with E-state index in [9.17, 15) is 14.9 Å². The van der Waals surface area contributed by atoms with Crippen molar-refractivity contribution in [2.75, 3.05) is 12.3 Å². The first kappa shape index (κ1) is 14.9. The van der Waals surface area contributed by atoms with Crippen LogP contribution in [0.1, 0.15) is 37.0 Å². The predicted molar refractivity (Wildman–Crippen MR) is 71.9 cm³/mol. The summed E-state index contributed by atoms with van der Waals surface area (Å²) in [6.45, 7) is 4.46. The number of ether oxygens (including phenoxy) is 1. The summed E-state index contributed by atoms with van der Waals surface area (Å²) in [6, 6.07) is 3.73. The van der Waals surface area contributed by atoms with Crippen molar-refractivity contribution < 1.29 is 14.5 Å². The molecule has 6 heteroatoms. The number of carbonyl (C=O) groups is 1. The number of nitro groups is 1.